The fourth-order valence-electron chi connectivity index (χ4n) is 4.19. The summed E-state index contributed by atoms with van der Waals surface area (Å²) in [5.74, 6) is 0.821. The van der Waals surface area contributed by atoms with Crippen LogP contribution in [0.15, 0.2) is 48.5 Å². The molecule has 0 atom stereocenters. The van der Waals surface area contributed by atoms with Gasteiger partial charge in [-0.05, 0) is 41.7 Å². The molecule has 1 saturated heterocycles. The molecule has 2 heterocycles. The van der Waals surface area contributed by atoms with Crippen LogP contribution < -0.4 is 4.74 Å². The molecule has 0 N–H and O–H groups in total. The van der Waals surface area contributed by atoms with Crippen LogP contribution in [0.4, 0.5) is 4.39 Å². The summed E-state index contributed by atoms with van der Waals surface area (Å²) in [7, 11) is 0. The van der Waals surface area contributed by atoms with E-state index in [0.29, 0.717) is 13.2 Å². The number of hydrogen-bond donors (Lipinski definition) is 0. The van der Waals surface area contributed by atoms with Crippen LogP contribution in [0.3, 0.4) is 0 Å². The van der Waals surface area contributed by atoms with E-state index in [1.54, 1.807) is 0 Å². The molecule has 0 bridgehead atoms. The van der Waals surface area contributed by atoms with Crippen LogP contribution in [0.25, 0.3) is 0 Å². The molecule has 5 heteroatoms. The summed E-state index contributed by atoms with van der Waals surface area (Å²) in [5.41, 5.74) is 3.95. The molecule has 2 aromatic rings. The second-order valence-corrected chi connectivity index (χ2v) is 7.51. The summed E-state index contributed by atoms with van der Waals surface area (Å²) in [5, 5.41) is 0. The van der Waals surface area contributed by atoms with Gasteiger partial charge in [0.2, 0.25) is 0 Å². The molecule has 4 rings (SSSR count). The third-order valence-corrected chi connectivity index (χ3v) is 5.72. The Hall–Kier alpha value is -1.95. The molecule has 0 saturated carbocycles. The van der Waals surface area contributed by atoms with Gasteiger partial charge < -0.3 is 14.2 Å². The Bertz CT molecular complexity index is 757. The Labute approximate surface area is 166 Å². The summed E-state index contributed by atoms with van der Waals surface area (Å²) < 4.78 is 28.9. The Kier molecular flexibility index (Phi) is 6.25. The Balaban J connectivity index is 1.25. The maximum atomic E-state index is 12.0. The lowest BCUT2D eigenvalue weighted by Crippen LogP contribution is -2.42. The Morgan fingerprint density at radius 2 is 1.75 bits per heavy atom. The van der Waals surface area contributed by atoms with E-state index in [0.717, 1.165) is 44.8 Å². The van der Waals surface area contributed by atoms with Crippen molar-refractivity contribution in [2.24, 2.45) is 0 Å². The number of nitrogens with zero attached hydrogens (tertiary/aromatic N) is 1. The van der Waals surface area contributed by atoms with E-state index in [1.807, 2.05) is 12.1 Å². The standard InChI is InChI=1S/C23H28FNO3/c24-11-14-26-15-16-27-21-7-5-19(6-8-21)17-25-12-9-23(10-13-25)22-4-2-1-3-20(22)18-28-23/h1-8H,9-18H2/i24-1. The maximum Gasteiger partial charge on any atom is 0.119 e. The SMILES string of the molecule is [18F]CCOCCOc1ccc(CN2CCC3(CC2)OCc2ccccc23)cc1. The molecule has 1 fully saturated rings. The van der Waals surface area contributed by atoms with Crippen molar-refractivity contribution >= 4 is 0 Å². The van der Waals surface area contributed by atoms with Gasteiger partial charge in [-0.25, -0.2) is 4.39 Å². The van der Waals surface area contributed by atoms with Crippen LogP contribution in [0, 0.1) is 0 Å². The second-order valence-electron chi connectivity index (χ2n) is 7.51. The quantitative estimate of drug-likeness (QED) is 0.642. The number of hydrogen-bond acceptors (Lipinski definition) is 4. The summed E-state index contributed by atoms with van der Waals surface area (Å²) in [6.07, 6.45) is 2.09. The predicted octanol–water partition coefficient (Wildman–Crippen LogP) is 4.07. The van der Waals surface area contributed by atoms with Gasteiger partial charge in [0, 0.05) is 19.6 Å². The zero-order valence-electron chi connectivity index (χ0n) is 16.2. The van der Waals surface area contributed by atoms with Crippen LogP contribution >= 0.6 is 0 Å². The molecule has 150 valence electrons. The first-order valence-corrected chi connectivity index (χ1v) is 10.1. The molecule has 28 heavy (non-hydrogen) atoms. The van der Waals surface area contributed by atoms with Gasteiger partial charge in [-0.2, -0.15) is 0 Å². The maximum absolute atomic E-state index is 12.0. The lowest BCUT2D eigenvalue weighted by molar-refractivity contribution is -0.0799. The fourth-order valence-corrected chi connectivity index (χ4v) is 4.19. The van der Waals surface area contributed by atoms with Crippen LogP contribution in [0.5, 0.6) is 5.75 Å². The van der Waals surface area contributed by atoms with Crippen molar-refractivity contribution in [1.29, 1.82) is 0 Å². The topological polar surface area (TPSA) is 30.9 Å². The molecule has 0 unspecified atom stereocenters. The smallest absolute Gasteiger partial charge is 0.119 e. The van der Waals surface area contributed by atoms with Crippen molar-refractivity contribution in [2.45, 2.75) is 31.6 Å². The average molecular weight is 384 g/mol. The summed E-state index contributed by atoms with van der Waals surface area (Å²) in [4.78, 5) is 2.50. The molecular weight excluding hydrogens is 356 g/mol. The molecule has 2 aromatic carbocycles. The highest BCUT2D eigenvalue weighted by atomic mass is 18.2. The van der Waals surface area contributed by atoms with E-state index >= 15 is 0 Å². The molecule has 0 aromatic heterocycles. The number of alkyl halides is 1. The third-order valence-electron chi connectivity index (χ3n) is 5.72. The van der Waals surface area contributed by atoms with Crippen molar-refractivity contribution in [2.75, 3.05) is 39.6 Å². The minimum absolute atomic E-state index is 0.0744. The van der Waals surface area contributed by atoms with Crippen molar-refractivity contribution in [3.63, 3.8) is 0 Å². The monoisotopic (exact) mass is 384 g/mol. The molecule has 0 radical (unpaired) electrons. The number of fused-ring (bicyclic) bond motifs is 2. The first-order valence-electron chi connectivity index (χ1n) is 10.1. The highest BCUT2D eigenvalue weighted by molar-refractivity contribution is 5.36. The number of rotatable bonds is 8. The van der Waals surface area contributed by atoms with Crippen LogP contribution in [-0.4, -0.2) is 44.5 Å². The minimum Gasteiger partial charge on any atom is -0.491 e. The van der Waals surface area contributed by atoms with Crippen molar-refractivity contribution in [3.05, 3.63) is 65.2 Å². The van der Waals surface area contributed by atoms with Gasteiger partial charge in [0.25, 0.3) is 0 Å². The van der Waals surface area contributed by atoms with E-state index in [2.05, 4.69) is 41.3 Å². The normalized spacial score (nSPS) is 18.3. The van der Waals surface area contributed by atoms with Gasteiger partial charge in [0.05, 0.1) is 25.4 Å². The minimum atomic E-state index is -0.453. The average Bonchev–Trinajstić information content (AvgIpc) is 3.09. The lowest BCUT2D eigenvalue weighted by Gasteiger charge is -2.39. The molecule has 2 aliphatic rings. The molecule has 1 spiro atoms. The number of benzene rings is 2. The molecule has 2 aliphatic heterocycles. The number of piperidine rings is 1. The molecule has 0 amide bonds. The number of ether oxygens (including phenoxy) is 3. The highest BCUT2D eigenvalue weighted by Gasteiger charge is 2.42. The zero-order chi connectivity index (χ0) is 19.2. The fraction of sp³-hybridized carbons (Fsp3) is 0.478. The summed E-state index contributed by atoms with van der Waals surface area (Å²) >= 11 is 0. The number of likely N-dealkylation sites (tertiary alicyclic amines) is 1. The Morgan fingerprint density at radius 1 is 0.964 bits per heavy atom. The number of halogens is 1. The second kappa shape index (κ2) is 9.03. The van der Waals surface area contributed by atoms with E-state index in [9.17, 15) is 4.39 Å². The first-order chi connectivity index (χ1) is 13.8. The molecular formula is C23H28FNO3. The van der Waals surface area contributed by atoms with Gasteiger partial charge in [-0.3, -0.25) is 4.90 Å². The van der Waals surface area contributed by atoms with Crippen LogP contribution in [-0.2, 0) is 28.2 Å². The summed E-state index contributed by atoms with van der Waals surface area (Å²) in [6.45, 7) is 4.30. The van der Waals surface area contributed by atoms with Gasteiger partial charge in [0.15, 0.2) is 0 Å². The van der Waals surface area contributed by atoms with Gasteiger partial charge in [-0.15, -0.1) is 0 Å². The Morgan fingerprint density at radius 3 is 2.54 bits per heavy atom. The molecule has 4 nitrogen and oxygen atoms in total. The summed E-state index contributed by atoms with van der Waals surface area (Å²) in [6, 6.07) is 16.9. The van der Waals surface area contributed by atoms with E-state index in [-0.39, 0.29) is 12.2 Å². The van der Waals surface area contributed by atoms with Gasteiger partial charge >= 0.3 is 0 Å². The lowest BCUT2D eigenvalue weighted by atomic mass is 9.84. The largest absolute Gasteiger partial charge is 0.491 e. The van der Waals surface area contributed by atoms with E-state index < -0.39 is 6.67 Å². The van der Waals surface area contributed by atoms with E-state index in [4.69, 9.17) is 14.2 Å². The third kappa shape index (κ3) is 4.37. The van der Waals surface area contributed by atoms with Crippen LogP contribution in [0.1, 0.15) is 29.5 Å². The van der Waals surface area contributed by atoms with Gasteiger partial charge in [0.1, 0.15) is 19.0 Å². The van der Waals surface area contributed by atoms with Crippen molar-refractivity contribution < 1.29 is 18.6 Å². The van der Waals surface area contributed by atoms with E-state index in [1.165, 1.54) is 16.7 Å². The molecule has 0 aliphatic carbocycles. The van der Waals surface area contributed by atoms with Gasteiger partial charge in [-0.1, -0.05) is 36.4 Å². The van der Waals surface area contributed by atoms with Crippen molar-refractivity contribution in [3.8, 4) is 5.75 Å². The van der Waals surface area contributed by atoms with Crippen LogP contribution in [0.2, 0.25) is 0 Å². The predicted molar refractivity (Wildman–Crippen MR) is 106 cm³/mol. The zero-order valence-corrected chi connectivity index (χ0v) is 16.2. The first kappa shape index (κ1) is 19.4. The highest BCUT2D eigenvalue weighted by Crippen LogP contribution is 2.44. The van der Waals surface area contributed by atoms with Crippen molar-refractivity contribution in [1.82, 2.24) is 4.90 Å².